The van der Waals surface area contributed by atoms with Crippen molar-refractivity contribution in [1.29, 1.82) is 0 Å². The molecule has 3 rings (SSSR count). The first-order chi connectivity index (χ1) is 11.6. The number of aryl methyl sites for hydroxylation is 1. The van der Waals surface area contributed by atoms with Crippen molar-refractivity contribution in [3.8, 4) is 0 Å². The molecule has 0 atom stereocenters. The summed E-state index contributed by atoms with van der Waals surface area (Å²) in [7, 11) is 0. The van der Waals surface area contributed by atoms with Gasteiger partial charge in [0, 0.05) is 23.6 Å². The van der Waals surface area contributed by atoms with Gasteiger partial charge in [0.1, 0.15) is 0 Å². The largest absolute Gasteiger partial charge is 0.330 e. The summed E-state index contributed by atoms with van der Waals surface area (Å²) in [5, 5.41) is 23.0. The zero-order valence-corrected chi connectivity index (χ0v) is 14.4. The summed E-state index contributed by atoms with van der Waals surface area (Å²) in [6.45, 7) is 2.04. The highest BCUT2D eigenvalue weighted by Gasteiger charge is 2.08. The van der Waals surface area contributed by atoms with E-state index in [-0.39, 0.29) is 5.69 Å². The summed E-state index contributed by atoms with van der Waals surface area (Å²) in [6.07, 6.45) is 0. The van der Waals surface area contributed by atoms with E-state index >= 15 is 0 Å². The van der Waals surface area contributed by atoms with Crippen LogP contribution in [0.3, 0.4) is 0 Å². The third kappa shape index (κ3) is 4.09. The lowest BCUT2D eigenvalue weighted by Crippen LogP contribution is -1.91. The number of nitro benzene ring substituents is 1. The highest BCUT2D eigenvalue weighted by atomic mass is 32.2. The molecule has 0 radical (unpaired) electrons. The van der Waals surface area contributed by atoms with Crippen molar-refractivity contribution < 1.29 is 4.92 Å². The molecule has 0 amide bonds. The fourth-order valence-corrected chi connectivity index (χ4v) is 3.73. The molecule has 122 valence electrons. The molecule has 0 aliphatic heterocycles. The summed E-state index contributed by atoms with van der Waals surface area (Å²) in [6, 6.07) is 14.6. The zero-order chi connectivity index (χ0) is 16.9. The Kier molecular flexibility index (Phi) is 5.07. The molecule has 3 aromatic rings. The number of benzene rings is 2. The van der Waals surface area contributed by atoms with E-state index < -0.39 is 4.92 Å². The Bertz CT molecular complexity index is 849. The van der Waals surface area contributed by atoms with Gasteiger partial charge in [-0.25, -0.2) is 0 Å². The van der Waals surface area contributed by atoms with Crippen LogP contribution in [-0.2, 0) is 5.75 Å². The zero-order valence-electron chi connectivity index (χ0n) is 12.8. The van der Waals surface area contributed by atoms with Gasteiger partial charge in [0.05, 0.1) is 4.92 Å². The molecule has 0 bridgehead atoms. The van der Waals surface area contributed by atoms with Crippen molar-refractivity contribution in [2.24, 2.45) is 0 Å². The van der Waals surface area contributed by atoms with Gasteiger partial charge in [0.25, 0.3) is 5.69 Å². The van der Waals surface area contributed by atoms with Gasteiger partial charge in [-0.1, -0.05) is 53.4 Å². The van der Waals surface area contributed by atoms with E-state index in [1.54, 1.807) is 23.9 Å². The molecule has 0 saturated carbocycles. The van der Waals surface area contributed by atoms with Gasteiger partial charge in [0.2, 0.25) is 5.13 Å². The number of non-ortho nitro benzene ring substituents is 1. The Labute approximate surface area is 147 Å². The summed E-state index contributed by atoms with van der Waals surface area (Å²) < 4.78 is 0.851. The topological polar surface area (TPSA) is 81.0 Å². The molecule has 0 unspecified atom stereocenters. The predicted molar refractivity (Wildman–Crippen MR) is 97.0 cm³/mol. The van der Waals surface area contributed by atoms with Gasteiger partial charge < -0.3 is 5.32 Å². The summed E-state index contributed by atoms with van der Waals surface area (Å²) >= 11 is 3.04. The minimum absolute atomic E-state index is 0.101. The first-order valence-corrected chi connectivity index (χ1v) is 8.94. The van der Waals surface area contributed by atoms with Crippen molar-refractivity contribution in [2.75, 3.05) is 5.32 Å². The van der Waals surface area contributed by atoms with Crippen LogP contribution >= 0.6 is 23.1 Å². The first-order valence-electron chi connectivity index (χ1n) is 7.14. The Morgan fingerprint density at radius 1 is 1.17 bits per heavy atom. The fourth-order valence-electron chi connectivity index (χ4n) is 2.01. The van der Waals surface area contributed by atoms with Gasteiger partial charge in [-0.15, -0.1) is 10.2 Å². The normalized spacial score (nSPS) is 10.5. The van der Waals surface area contributed by atoms with Gasteiger partial charge in [-0.2, -0.15) is 0 Å². The van der Waals surface area contributed by atoms with Crippen molar-refractivity contribution in [3.05, 3.63) is 69.8 Å². The van der Waals surface area contributed by atoms with Gasteiger partial charge in [-0.05, 0) is 24.1 Å². The van der Waals surface area contributed by atoms with Crippen LogP contribution in [0.15, 0.2) is 52.9 Å². The van der Waals surface area contributed by atoms with Crippen LogP contribution < -0.4 is 5.32 Å². The molecule has 0 fully saturated rings. The number of hydrogen-bond acceptors (Lipinski definition) is 7. The molecular formula is C16H14N4O2S2. The standard InChI is InChI=1S/C16H14N4O2S2/c1-11-4-2-3-5-14(11)17-15-18-19-16(24-15)23-10-12-6-8-13(9-7-12)20(21)22/h2-9H,10H2,1H3,(H,17,18). The molecule has 1 N–H and O–H groups in total. The van der Waals surface area contributed by atoms with Crippen LogP contribution in [0, 0.1) is 17.0 Å². The monoisotopic (exact) mass is 358 g/mol. The van der Waals surface area contributed by atoms with Gasteiger partial charge in [0.15, 0.2) is 4.34 Å². The van der Waals surface area contributed by atoms with Crippen LogP contribution in [-0.4, -0.2) is 15.1 Å². The Morgan fingerprint density at radius 3 is 2.62 bits per heavy atom. The number of aromatic nitrogens is 2. The molecule has 0 aliphatic rings. The highest BCUT2D eigenvalue weighted by molar-refractivity contribution is 8.00. The summed E-state index contributed by atoms with van der Waals surface area (Å²) in [5.41, 5.74) is 3.27. The number of hydrogen-bond donors (Lipinski definition) is 1. The van der Waals surface area contributed by atoms with Crippen LogP contribution in [0.5, 0.6) is 0 Å². The molecule has 24 heavy (non-hydrogen) atoms. The average molecular weight is 358 g/mol. The van der Waals surface area contributed by atoms with E-state index in [1.165, 1.54) is 23.5 Å². The average Bonchev–Trinajstić information content (AvgIpc) is 3.03. The minimum atomic E-state index is -0.398. The van der Waals surface area contributed by atoms with Crippen LogP contribution in [0.2, 0.25) is 0 Å². The first kappa shape index (κ1) is 16.4. The maximum absolute atomic E-state index is 10.6. The molecular weight excluding hydrogens is 344 g/mol. The number of nitrogens with one attached hydrogen (secondary N) is 1. The minimum Gasteiger partial charge on any atom is -0.330 e. The maximum atomic E-state index is 10.6. The van der Waals surface area contributed by atoms with Crippen molar-refractivity contribution in [3.63, 3.8) is 0 Å². The fraction of sp³-hybridized carbons (Fsp3) is 0.125. The quantitative estimate of drug-likeness (QED) is 0.387. The van der Waals surface area contributed by atoms with E-state index in [1.807, 2.05) is 31.2 Å². The summed E-state index contributed by atoms with van der Waals surface area (Å²) in [5.74, 6) is 0.691. The lowest BCUT2D eigenvalue weighted by Gasteiger charge is -2.04. The van der Waals surface area contributed by atoms with E-state index in [0.29, 0.717) is 5.75 Å². The lowest BCUT2D eigenvalue weighted by atomic mass is 10.2. The van der Waals surface area contributed by atoms with Crippen LogP contribution in [0.25, 0.3) is 0 Å². The van der Waals surface area contributed by atoms with E-state index in [4.69, 9.17) is 0 Å². The van der Waals surface area contributed by atoms with Crippen LogP contribution in [0.1, 0.15) is 11.1 Å². The third-order valence-electron chi connectivity index (χ3n) is 3.30. The molecule has 1 heterocycles. The molecule has 0 saturated heterocycles. The van der Waals surface area contributed by atoms with E-state index in [9.17, 15) is 10.1 Å². The smallest absolute Gasteiger partial charge is 0.269 e. The second kappa shape index (κ2) is 7.41. The molecule has 2 aromatic carbocycles. The molecule has 6 nitrogen and oxygen atoms in total. The maximum Gasteiger partial charge on any atom is 0.269 e. The Balaban J connectivity index is 1.60. The number of rotatable bonds is 6. The van der Waals surface area contributed by atoms with Crippen molar-refractivity contribution in [2.45, 2.75) is 17.0 Å². The number of para-hydroxylation sites is 1. The second-order valence-corrected chi connectivity index (χ2v) is 7.23. The van der Waals surface area contributed by atoms with E-state index in [0.717, 1.165) is 26.3 Å². The Hall–Kier alpha value is -2.45. The lowest BCUT2D eigenvalue weighted by molar-refractivity contribution is -0.384. The van der Waals surface area contributed by atoms with Crippen molar-refractivity contribution in [1.82, 2.24) is 10.2 Å². The highest BCUT2D eigenvalue weighted by Crippen LogP contribution is 2.30. The third-order valence-corrected chi connectivity index (χ3v) is 5.35. The van der Waals surface area contributed by atoms with Gasteiger partial charge in [-0.3, -0.25) is 10.1 Å². The predicted octanol–water partition coefficient (Wildman–Crippen LogP) is 4.79. The number of nitrogens with zero attached hydrogens (tertiary/aromatic N) is 3. The second-order valence-electron chi connectivity index (χ2n) is 5.03. The molecule has 0 spiro atoms. The molecule has 8 heteroatoms. The van der Waals surface area contributed by atoms with E-state index in [2.05, 4.69) is 15.5 Å². The molecule has 0 aliphatic carbocycles. The van der Waals surface area contributed by atoms with Crippen molar-refractivity contribution >= 4 is 39.6 Å². The number of anilines is 2. The Morgan fingerprint density at radius 2 is 1.92 bits per heavy atom. The SMILES string of the molecule is Cc1ccccc1Nc1nnc(SCc2ccc([N+](=O)[O-])cc2)s1. The summed E-state index contributed by atoms with van der Waals surface area (Å²) in [4.78, 5) is 10.2. The van der Waals surface area contributed by atoms with Crippen LogP contribution in [0.4, 0.5) is 16.5 Å². The number of thioether (sulfide) groups is 1. The van der Waals surface area contributed by atoms with Gasteiger partial charge >= 0.3 is 0 Å². The number of nitro groups is 1. The molecule has 1 aromatic heterocycles.